The van der Waals surface area contributed by atoms with Gasteiger partial charge >= 0.3 is 12.0 Å². The zero-order chi connectivity index (χ0) is 8.43. The highest BCUT2D eigenvalue weighted by molar-refractivity contribution is 7.80. The molecule has 0 bridgehead atoms. The minimum atomic E-state index is -1.07. The Kier molecular flexibility index (Phi) is 2.04. The van der Waals surface area contributed by atoms with Crippen LogP contribution in [0, 0.1) is 0 Å². The van der Waals surface area contributed by atoms with Crippen LogP contribution in [0.1, 0.15) is 6.42 Å². The molecule has 1 saturated heterocycles. The molecule has 1 atom stereocenters. The molecule has 6 heteroatoms. The quantitative estimate of drug-likeness (QED) is 0.467. The van der Waals surface area contributed by atoms with Crippen molar-refractivity contribution in [1.82, 2.24) is 10.6 Å². The van der Waals surface area contributed by atoms with E-state index in [1.807, 2.05) is 0 Å². The third-order valence-corrected chi connectivity index (χ3v) is 1.51. The van der Waals surface area contributed by atoms with Crippen molar-refractivity contribution >= 4 is 29.2 Å². The number of carbonyl (C=O) groups excluding carboxylic acids is 1. The number of thiocarbonyl (C=S) groups is 1. The van der Waals surface area contributed by atoms with Crippen LogP contribution in [0.2, 0.25) is 0 Å². The van der Waals surface area contributed by atoms with Gasteiger partial charge in [-0.05, 0) is 0 Å². The van der Waals surface area contributed by atoms with E-state index in [0.29, 0.717) is 0 Å². The molecule has 1 heterocycles. The standard InChI is InChI=1S/C5H6N2O3S/c8-4(9)2-1-3(11)7-5(10)6-2/h2H,1H2,(H,8,9)(H2,6,7,10,11). The average molecular weight is 174 g/mol. The second kappa shape index (κ2) is 2.83. The first-order chi connectivity index (χ1) is 5.09. The maximum absolute atomic E-state index is 10.6. The van der Waals surface area contributed by atoms with Crippen LogP contribution in [0.15, 0.2) is 0 Å². The maximum atomic E-state index is 10.6. The third-order valence-electron chi connectivity index (χ3n) is 1.25. The van der Waals surface area contributed by atoms with Crippen LogP contribution in [0.25, 0.3) is 0 Å². The predicted molar refractivity (Wildman–Crippen MR) is 40.3 cm³/mol. The lowest BCUT2D eigenvalue weighted by Crippen LogP contribution is -2.54. The van der Waals surface area contributed by atoms with E-state index in [4.69, 9.17) is 5.11 Å². The fourth-order valence-corrected chi connectivity index (χ4v) is 1.02. The Labute approximate surface area is 67.8 Å². The van der Waals surface area contributed by atoms with Crippen molar-refractivity contribution in [3.05, 3.63) is 0 Å². The number of aliphatic carboxylic acids is 1. The van der Waals surface area contributed by atoms with Gasteiger partial charge < -0.3 is 15.7 Å². The van der Waals surface area contributed by atoms with E-state index >= 15 is 0 Å². The molecule has 0 aromatic carbocycles. The highest BCUT2D eigenvalue weighted by Gasteiger charge is 2.26. The molecule has 0 radical (unpaired) electrons. The zero-order valence-electron chi connectivity index (χ0n) is 5.46. The lowest BCUT2D eigenvalue weighted by atomic mass is 10.2. The minimum absolute atomic E-state index is 0.163. The minimum Gasteiger partial charge on any atom is -0.480 e. The summed E-state index contributed by atoms with van der Waals surface area (Å²) < 4.78 is 0. The van der Waals surface area contributed by atoms with Crippen molar-refractivity contribution in [2.45, 2.75) is 12.5 Å². The maximum Gasteiger partial charge on any atom is 0.326 e. The van der Waals surface area contributed by atoms with Crippen molar-refractivity contribution in [1.29, 1.82) is 0 Å². The Bertz CT molecular complexity index is 212. The van der Waals surface area contributed by atoms with Gasteiger partial charge in [-0.3, -0.25) is 0 Å². The molecule has 1 unspecified atom stereocenters. The number of amides is 2. The molecular weight excluding hydrogens is 168 g/mol. The molecule has 0 aromatic heterocycles. The normalized spacial score (nSPS) is 23.8. The number of rotatable bonds is 1. The summed E-state index contributed by atoms with van der Waals surface area (Å²) in [6.07, 6.45) is 0.163. The van der Waals surface area contributed by atoms with Crippen molar-refractivity contribution in [3.63, 3.8) is 0 Å². The molecular formula is C5H6N2O3S. The van der Waals surface area contributed by atoms with Crippen LogP contribution in [0.5, 0.6) is 0 Å². The molecule has 1 rings (SSSR count). The average Bonchev–Trinajstić information content (AvgIpc) is 1.85. The Hall–Kier alpha value is -1.17. The monoisotopic (exact) mass is 174 g/mol. The summed E-state index contributed by atoms with van der Waals surface area (Å²) in [4.78, 5) is 21.2. The summed E-state index contributed by atoms with van der Waals surface area (Å²) in [5, 5.41) is 13.0. The zero-order valence-corrected chi connectivity index (χ0v) is 6.27. The molecule has 60 valence electrons. The highest BCUT2D eigenvalue weighted by Crippen LogP contribution is 1.98. The highest BCUT2D eigenvalue weighted by atomic mass is 32.1. The van der Waals surface area contributed by atoms with Crippen LogP contribution < -0.4 is 10.6 Å². The van der Waals surface area contributed by atoms with Crippen molar-refractivity contribution < 1.29 is 14.7 Å². The predicted octanol–water partition coefficient (Wildman–Crippen LogP) is -0.530. The first-order valence-electron chi connectivity index (χ1n) is 2.93. The summed E-state index contributed by atoms with van der Waals surface area (Å²) in [6.45, 7) is 0. The molecule has 0 saturated carbocycles. The lowest BCUT2D eigenvalue weighted by Gasteiger charge is -2.20. The van der Waals surface area contributed by atoms with Crippen molar-refractivity contribution in [3.8, 4) is 0 Å². The largest absolute Gasteiger partial charge is 0.480 e. The topological polar surface area (TPSA) is 78.4 Å². The molecule has 1 fully saturated rings. The number of urea groups is 1. The van der Waals surface area contributed by atoms with Crippen LogP contribution >= 0.6 is 12.2 Å². The number of hydrogen-bond acceptors (Lipinski definition) is 3. The Morgan fingerprint density at radius 3 is 2.82 bits per heavy atom. The number of carboxylic acids is 1. The second-order valence-electron chi connectivity index (χ2n) is 2.12. The Morgan fingerprint density at radius 1 is 1.73 bits per heavy atom. The first-order valence-corrected chi connectivity index (χ1v) is 3.33. The summed E-state index contributed by atoms with van der Waals surface area (Å²) in [7, 11) is 0. The van der Waals surface area contributed by atoms with E-state index < -0.39 is 18.0 Å². The SMILES string of the molecule is O=C1NC(=S)CC(C(=O)O)N1. The van der Waals surface area contributed by atoms with Gasteiger partial charge in [0, 0.05) is 6.42 Å². The van der Waals surface area contributed by atoms with E-state index in [1.54, 1.807) is 0 Å². The fourth-order valence-electron chi connectivity index (χ4n) is 0.757. The summed E-state index contributed by atoms with van der Waals surface area (Å²) in [5.41, 5.74) is 0. The van der Waals surface area contributed by atoms with E-state index in [2.05, 4.69) is 22.9 Å². The van der Waals surface area contributed by atoms with E-state index in [-0.39, 0.29) is 11.4 Å². The molecule has 0 aliphatic carbocycles. The summed E-state index contributed by atoms with van der Waals surface area (Å²) in [6, 6.07) is -1.43. The molecule has 3 N–H and O–H groups in total. The molecule has 1 aliphatic rings. The van der Waals surface area contributed by atoms with Gasteiger partial charge in [-0.2, -0.15) is 0 Å². The van der Waals surface area contributed by atoms with Gasteiger partial charge in [0.25, 0.3) is 0 Å². The summed E-state index contributed by atoms with van der Waals surface area (Å²) >= 11 is 4.64. The number of hydrogen-bond donors (Lipinski definition) is 3. The Morgan fingerprint density at radius 2 is 2.36 bits per heavy atom. The van der Waals surface area contributed by atoms with Crippen molar-refractivity contribution in [2.75, 3.05) is 0 Å². The van der Waals surface area contributed by atoms with Gasteiger partial charge in [-0.25, -0.2) is 9.59 Å². The van der Waals surface area contributed by atoms with Crippen LogP contribution in [-0.2, 0) is 4.79 Å². The first kappa shape index (κ1) is 7.93. The molecule has 0 spiro atoms. The summed E-state index contributed by atoms with van der Waals surface area (Å²) in [5.74, 6) is -1.07. The molecule has 2 amide bonds. The smallest absolute Gasteiger partial charge is 0.326 e. The van der Waals surface area contributed by atoms with Gasteiger partial charge in [0.15, 0.2) is 0 Å². The van der Waals surface area contributed by atoms with Gasteiger partial charge in [-0.1, -0.05) is 12.2 Å². The number of carbonyl (C=O) groups is 2. The van der Waals surface area contributed by atoms with Crippen molar-refractivity contribution in [2.24, 2.45) is 0 Å². The van der Waals surface area contributed by atoms with Gasteiger partial charge in [0.05, 0.1) is 4.99 Å². The van der Waals surface area contributed by atoms with Crippen LogP contribution in [0.3, 0.4) is 0 Å². The van der Waals surface area contributed by atoms with E-state index in [9.17, 15) is 9.59 Å². The van der Waals surface area contributed by atoms with Gasteiger partial charge in [0.1, 0.15) is 6.04 Å². The molecule has 11 heavy (non-hydrogen) atoms. The molecule has 5 nitrogen and oxygen atoms in total. The van der Waals surface area contributed by atoms with Crippen LogP contribution in [-0.4, -0.2) is 28.1 Å². The second-order valence-corrected chi connectivity index (χ2v) is 2.61. The van der Waals surface area contributed by atoms with Gasteiger partial charge in [0.2, 0.25) is 0 Å². The van der Waals surface area contributed by atoms with E-state index in [0.717, 1.165) is 0 Å². The van der Waals surface area contributed by atoms with E-state index in [1.165, 1.54) is 0 Å². The van der Waals surface area contributed by atoms with Crippen LogP contribution in [0.4, 0.5) is 4.79 Å². The third kappa shape index (κ3) is 1.87. The lowest BCUT2D eigenvalue weighted by molar-refractivity contribution is -0.139. The van der Waals surface area contributed by atoms with Gasteiger partial charge in [-0.15, -0.1) is 0 Å². The Balaban J connectivity index is 2.63. The number of nitrogens with one attached hydrogen (secondary N) is 2. The molecule has 1 aliphatic heterocycles. The number of carboxylic acid groups (broad SMARTS) is 1. The fraction of sp³-hybridized carbons (Fsp3) is 0.400. The molecule has 0 aromatic rings.